The highest BCUT2D eigenvalue weighted by Gasteiger charge is 2.45. The van der Waals surface area contributed by atoms with Crippen LogP contribution in [0.5, 0.6) is 0 Å². The maximum Gasteiger partial charge on any atom is 0.322 e. The molecule has 1 fully saturated rings. The summed E-state index contributed by atoms with van der Waals surface area (Å²) in [5.41, 5.74) is 0.677. The molecule has 2 amide bonds. The minimum Gasteiger partial charge on any atom is -0.324 e. The molecule has 1 N–H and O–H groups in total. The summed E-state index contributed by atoms with van der Waals surface area (Å²) in [6.07, 6.45) is 2.75. The average Bonchev–Trinajstić information content (AvgIpc) is 3.24. The Balaban J connectivity index is 1.69. The zero-order valence-electron chi connectivity index (χ0n) is 15.8. The molecule has 0 bridgehead atoms. The zero-order chi connectivity index (χ0) is 19.8. The fourth-order valence-corrected chi connectivity index (χ4v) is 5.85. The fraction of sp³-hybridized carbons (Fsp3) is 0.625. The summed E-state index contributed by atoms with van der Waals surface area (Å²) in [7, 11) is -1.91. The minimum atomic E-state index is -3.56. The molecular formula is C16H24N6O3S2. The van der Waals surface area contributed by atoms with Crippen LogP contribution in [-0.4, -0.2) is 56.6 Å². The summed E-state index contributed by atoms with van der Waals surface area (Å²) in [6.45, 7) is 6.34. The number of carbonyl (C=O) groups excluding carboxylic acids is 1. The molecule has 0 saturated carbocycles. The molecule has 0 unspecified atom stereocenters. The number of anilines is 1. The number of aryl methyl sites for hydroxylation is 2. The molecular weight excluding hydrogens is 388 g/mol. The van der Waals surface area contributed by atoms with Crippen LogP contribution < -0.4 is 5.32 Å². The first-order valence-electron chi connectivity index (χ1n) is 8.71. The van der Waals surface area contributed by atoms with Crippen molar-refractivity contribution in [3.05, 3.63) is 18.0 Å². The van der Waals surface area contributed by atoms with Crippen LogP contribution in [0.25, 0.3) is 0 Å². The number of hydrogen-bond acceptors (Lipinski definition) is 7. The van der Waals surface area contributed by atoms with Crippen LogP contribution in [0.15, 0.2) is 17.3 Å². The SMILES string of the molecule is Cc1cc(S(=O)(=O)C(C)(C)C2CCN(C(=O)Nc3cnns3)CC2)n(C)n1. The van der Waals surface area contributed by atoms with E-state index in [4.69, 9.17) is 0 Å². The lowest BCUT2D eigenvalue weighted by Gasteiger charge is -2.39. The lowest BCUT2D eigenvalue weighted by molar-refractivity contribution is 0.171. The van der Waals surface area contributed by atoms with E-state index in [2.05, 4.69) is 20.0 Å². The second-order valence-electron chi connectivity index (χ2n) is 7.33. The first-order valence-corrected chi connectivity index (χ1v) is 11.0. The quantitative estimate of drug-likeness (QED) is 0.823. The maximum atomic E-state index is 13.2. The Morgan fingerprint density at radius 1 is 1.33 bits per heavy atom. The summed E-state index contributed by atoms with van der Waals surface area (Å²) < 4.78 is 30.7. The predicted molar refractivity (Wildman–Crippen MR) is 102 cm³/mol. The standard InChI is InChI=1S/C16H24N6O3S2/c1-11-9-14(21(4)19-11)27(24,25)16(2,3)12-5-7-22(8-6-12)15(23)18-13-10-17-20-26-13/h9-10,12H,5-8H2,1-4H3,(H,18,23). The van der Waals surface area contributed by atoms with Gasteiger partial charge in [0.1, 0.15) is 5.00 Å². The van der Waals surface area contributed by atoms with Crippen LogP contribution in [0.4, 0.5) is 9.80 Å². The molecule has 0 atom stereocenters. The molecule has 9 nitrogen and oxygen atoms in total. The third-order valence-corrected chi connectivity index (χ3v) is 8.52. The van der Waals surface area contributed by atoms with E-state index in [0.29, 0.717) is 36.6 Å². The van der Waals surface area contributed by atoms with Crippen LogP contribution in [0.1, 0.15) is 32.4 Å². The Bertz CT molecular complexity index is 912. The first-order chi connectivity index (χ1) is 12.6. The number of nitrogens with one attached hydrogen (secondary N) is 1. The van der Waals surface area contributed by atoms with Crippen molar-refractivity contribution in [3.63, 3.8) is 0 Å². The third-order valence-electron chi connectivity index (χ3n) is 5.28. The van der Waals surface area contributed by atoms with Gasteiger partial charge in [0.15, 0.2) is 5.03 Å². The summed E-state index contributed by atoms with van der Waals surface area (Å²) in [5.74, 6) is -0.0492. The number of nitrogens with zero attached hydrogens (tertiary/aromatic N) is 5. The van der Waals surface area contributed by atoms with Crippen LogP contribution >= 0.6 is 11.5 Å². The van der Waals surface area contributed by atoms with Crippen LogP contribution in [0.3, 0.4) is 0 Å². The highest BCUT2D eigenvalue weighted by atomic mass is 32.2. The van der Waals surface area contributed by atoms with Crippen LogP contribution in [0.2, 0.25) is 0 Å². The first kappa shape index (κ1) is 19.7. The molecule has 0 radical (unpaired) electrons. The molecule has 3 rings (SSSR count). The normalized spacial score (nSPS) is 16.5. The highest BCUT2D eigenvalue weighted by molar-refractivity contribution is 7.92. The van der Waals surface area contributed by atoms with E-state index in [1.165, 1.54) is 10.9 Å². The summed E-state index contributed by atoms with van der Waals surface area (Å²) in [5, 5.41) is 11.5. The van der Waals surface area contributed by atoms with E-state index in [1.54, 1.807) is 38.8 Å². The predicted octanol–water partition coefficient (Wildman–Crippen LogP) is 2.08. The van der Waals surface area contributed by atoms with Gasteiger partial charge in [0.05, 0.1) is 16.6 Å². The van der Waals surface area contributed by atoms with Crippen molar-refractivity contribution in [3.8, 4) is 0 Å². The lowest BCUT2D eigenvalue weighted by Crippen LogP contribution is -2.48. The molecule has 2 aromatic rings. The largest absolute Gasteiger partial charge is 0.324 e. The number of carbonyl (C=O) groups is 1. The lowest BCUT2D eigenvalue weighted by atomic mass is 9.86. The number of sulfone groups is 1. The van der Waals surface area contributed by atoms with Gasteiger partial charge in [-0.15, -0.1) is 5.10 Å². The number of likely N-dealkylation sites (tertiary alicyclic amines) is 1. The molecule has 1 aliphatic heterocycles. The van der Waals surface area contributed by atoms with Gasteiger partial charge in [-0.05, 0) is 45.6 Å². The molecule has 0 aromatic carbocycles. The van der Waals surface area contributed by atoms with E-state index in [0.717, 1.165) is 11.5 Å². The Kier molecular flexibility index (Phi) is 5.26. The molecule has 2 aromatic heterocycles. The number of amides is 2. The van der Waals surface area contributed by atoms with Crippen LogP contribution in [0, 0.1) is 12.8 Å². The van der Waals surface area contributed by atoms with Gasteiger partial charge in [0.25, 0.3) is 0 Å². The summed E-state index contributed by atoms with van der Waals surface area (Å²) in [6, 6.07) is 1.41. The van der Waals surface area contributed by atoms with Crippen molar-refractivity contribution >= 4 is 32.4 Å². The number of hydrogen-bond donors (Lipinski definition) is 1. The molecule has 3 heterocycles. The van der Waals surface area contributed by atoms with Gasteiger partial charge in [-0.3, -0.25) is 10.00 Å². The van der Waals surface area contributed by atoms with Crippen molar-refractivity contribution in [1.29, 1.82) is 0 Å². The second kappa shape index (κ2) is 7.19. The molecule has 1 saturated heterocycles. The molecule has 0 aliphatic carbocycles. The average molecular weight is 413 g/mol. The fourth-order valence-electron chi connectivity index (χ4n) is 3.51. The number of piperidine rings is 1. The molecule has 0 spiro atoms. The van der Waals surface area contributed by atoms with Gasteiger partial charge in [0.2, 0.25) is 9.84 Å². The smallest absolute Gasteiger partial charge is 0.322 e. The Morgan fingerprint density at radius 3 is 2.52 bits per heavy atom. The number of urea groups is 1. The molecule has 1 aliphatic rings. The Labute approximate surface area is 162 Å². The topological polar surface area (TPSA) is 110 Å². The Morgan fingerprint density at radius 2 is 2.00 bits per heavy atom. The van der Waals surface area contributed by atoms with Gasteiger partial charge in [0, 0.05) is 31.7 Å². The number of rotatable bonds is 4. The van der Waals surface area contributed by atoms with Gasteiger partial charge < -0.3 is 4.90 Å². The van der Waals surface area contributed by atoms with E-state index >= 15 is 0 Å². The van der Waals surface area contributed by atoms with Crippen molar-refractivity contribution in [2.75, 3.05) is 18.4 Å². The minimum absolute atomic E-state index is 0.0492. The van der Waals surface area contributed by atoms with Crippen molar-refractivity contribution < 1.29 is 13.2 Å². The molecule has 27 heavy (non-hydrogen) atoms. The van der Waals surface area contributed by atoms with E-state index in [9.17, 15) is 13.2 Å². The van der Waals surface area contributed by atoms with Crippen molar-refractivity contribution in [2.45, 2.75) is 43.4 Å². The maximum absolute atomic E-state index is 13.2. The highest BCUT2D eigenvalue weighted by Crippen LogP contribution is 2.38. The zero-order valence-corrected chi connectivity index (χ0v) is 17.5. The van der Waals surface area contributed by atoms with E-state index in [1.807, 2.05) is 0 Å². The van der Waals surface area contributed by atoms with Crippen molar-refractivity contribution in [2.24, 2.45) is 13.0 Å². The molecule has 148 valence electrons. The van der Waals surface area contributed by atoms with E-state index in [-0.39, 0.29) is 17.0 Å². The third kappa shape index (κ3) is 3.70. The summed E-state index contributed by atoms with van der Waals surface area (Å²) in [4.78, 5) is 14.0. The van der Waals surface area contributed by atoms with Crippen molar-refractivity contribution in [1.82, 2.24) is 24.3 Å². The molecule has 11 heteroatoms. The van der Waals surface area contributed by atoms with Gasteiger partial charge in [-0.25, -0.2) is 13.2 Å². The van der Waals surface area contributed by atoms with Gasteiger partial charge in [-0.1, -0.05) is 4.49 Å². The van der Waals surface area contributed by atoms with Crippen LogP contribution in [-0.2, 0) is 16.9 Å². The van der Waals surface area contributed by atoms with Gasteiger partial charge in [-0.2, -0.15) is 5.10 Å². The van der Waals surface area contributed by atoms with Gasteiger partial charge >= 0.3 is 6.03 Å². The Hall–Kier alpha value is -2.01. The second-order valence-corrected chi connectivity index (χ2v) is 10.6. The monoisotopic (exact) mass is 412 g/mol. The summed E-state index contributed by atoms with van der Waals surface area (Å²) >= 11 is 1.12. The van der Waals surface area contributed by atoms with E-state index < -0.39 is 14.6 Å². The number of aromatic nitrogens is 4.